The SMILES string of the molecule is CCNC(=O)[C@H](CC)N(Cc1ccc(Cl)c(Cl)c1)C(=O)CCSc1ccccc1. The number of nitrogens with one attached hydrogen (secondary N) is 1. The highest BCUT2D eigenvalue weighted by atomic mass is 35.5. The molecule has 4 nitrogen and oxygen atoms in total. The van der Waals surface area contributed by atoms with Gasteiger partial charge in [0.25, 0.3) is 0 Å². The van der Waals surface area contributed by atoms with Gasteiger partial charge < -0.3 is 10.2 Å². The summed E-state index contributed by atoms with van der Waals surface area (Å²) in [7, 11) is 0. The molecule has 7 heteroatoms. The van der Waals surface area contributed by atoms with Gasteiger partial charge in [-0.2, -0.15) is 0 Å². The Morgan fingerprint density at radius 3 is 2.41 bits per heavy atom. The summed E-state index contributed by atoms with van der Waals surface area (Å²) in [5, 5.41) is 3.73. The molecule has 29 heavy (non-hydrogen) atoms. The number of halogens is 2. The van der Waals surface area contributed by atoms with E-state index in [0.717, 1.165) is 10.5 Å². The fraction of sp³-hybridized carbons (Fsp3) is 0.364. The summed E-state index contributed by atoms with van der Waals surface area (Å²) in [6.07, 6.45) is 0.876. The highest BCUT2D eigenvalue weighted by molar-refractivity contribution is 7.99. The second-order valence-electron chi connectivity index (χ2n) is 6.50. The molecule has 0 unspecified atom stereocenters. The highest BCUT2D eigenvalue weighted by Gasteiger charge is 2.28. The van der Waals surface area contributed by atoms with Crippen molar-refractivity contribution >= 4 is 46.8 Å². The van der Waals surface area contributed by atoms with Gasteiger partial charge in [-0.05, 0) is 43.2 Å². The summed E-state index contributed by atoms with van der Waals surface area (Å²) in [5.74, 6) is 0.448. The number of likely N-dealkylation sites (N-methyl/N-ethyl adjacent to an activating group) is 1. The van der Waals surface area contributed by atoms with Crippen LogP contribution >= 0.6 is 35.0 Å². The molecule has 0 fully saturated rings. The predicted octanol–water partition coefficient (Wildman–Crippen LogP) is 5.42. The third-order valence-electron chi connectivity index (χ3n) is 4.40. The lowest BCUT2D eigenvalue weighted by molar-refractivity contribution is -0.141. The summed E-state index contributed by atoms with van der Waals surface area (Å²) in [4.78, 5) is 28.4. The van der Waals surface area contributed by atoms with Crippen LogP contribution in [-0.2, 0) is 16.1 Å². The van der Waals surface area contributed by atoms with Gasteiger partial charge >= 0.3 is 0 Å². The van der Waals surface area contributed by atoms with Crippen LogP contribution in [0.1, 0.15) is 32.3 Å². The molecule has 0 saturated carbocycles. The third-order valence-corrected chi connectivity index (χ3v) is 6.15. The van der Waals surface area contributed by atoms with Crippen LogP contribution in [0.25, 0.3) is 0 Å². The summed E-state index contributed by atoms with van der Waals surface area (Å²) in [5.41, 5.74) is 0.839. The van der Waals surface area contributed by atoms with Gasteiger partial charge in [-0.1, -0.05) is 54.4 Å². The number of carbonyl (C=O) groups excluding carboxylic acids is 2. The first-order valence-corrected chi connectivity index (χ1v) is 11.4. The van der Waals surface area contributed by atoms with Crippen molar-refractivity contribution in [1.29, 1.82) is 0 Å². The Balaban J connectivity index is 2.14. The maximum absolute atomic E-state index is 13.1. The maximum Gasteiger partial charge on any atom is 0.242 e. The summed E-state index contributed by atoms with van der Waals surface area (Å²) in [6, 6.07) is 14.7. The Morgan fingerprint density at radius 2 is 1.79 bits per heavy atom. The topological polar surface area (TPSA) is 49.4 Å². The second kappa shape index (κ2) is 12.1. The zero-order valence-electron chi connectivity index (χ0n) is 16.7. The number of hydrogen-bond acceptors (Lipinski definition) is 3. The average Bonchev–Trinajstić information content (AvgIpc) is 2.71. The molecule has 2 amide bonds. The van der Waals surface area contributed by atoms with E-state index in [1.54, 1.807) is 28.8 Å². The minimum atomic E-state index is -0.529. The number of benzene rings is 2. The van der Waals surface area contributed by atoms with Gasteiger partial charge in [-0.25, -0.2) is 0 Å². The zero-order chi connectivity index (χ0) is 21.2. The monoisotopic (exact) mass is 452 g/mol. The number of nitrogens with zero attached hydrogens (tertiary/aromatic N) is 1. The summed E-state index contributed by atoms with van der Waals surface area (Å²) in [6.45, 7) is 4.61. The van der Waals surface area contributed by atoms with Gasteiger partial charge in [0.15, 0.2) is 0 Å². The van der Waals surface area contributed by atoms with Crippen LogP contribution in [-0.4, -0.2) is 35.1 Å². The van der Waals surface area contributed by atoms with Crippen LogP contribution in [0.5, 0.6) is 0 Å². The first kappa shape index (κ1) is 23.6. The van der Waals surface area contributed by atoms with Crippen LogP contribution in [0.4, 0.5) is 0 Å². The first-order chi connectivity index (χ1) is 14.0. The minimum Gasteiger partial charge on any atom is -0.355 e. The Bertz CT molecular complexity index is 818. The van der Waals surface area contributed by atoms with Gasteiger partial charge in [0.1, 0.15) is 6.04 Å². The molecule has 0 aliphatic carbocycles. The molecule has 0 radical (unpaired) electrons. The Labute approximate surface area is 187 Å². The van der Waals surface area contributed by atoms with Crippen molar-refractivity contribution in [2.75, 3.05) is 12.3 Å². The van der Waals surface area contributed by atoms with E-state index in [1.807, 2.05) is 50.2 Å². The van der Waals surface area contributed by atoms with E-state index >= 15 is 0 Å². The molecular weight excluding hydrogens is 427 g/mol. The lowest BCUT2D eigenvalue weighted by atomic mass is 10.1. The van der Waals surface area contributed by atoms with E-state index in [1.165, 1.54) is 0 Å². The molecule has 1 atom stereocenters. The molecule has 0 aliphatic heterocycles. The largest absolute Gasteiger partial charge is 0.355 e. The van der Waals surface area contributed by atoms with E-state index in [-0.39, 0.29) is 11.8 Å². The lowest BCUT2D eigenvalue weighted by Gasteiger charge is -2.30. The summed E-state index contributed by atoms with van der Waals surface area (Å²) >= 11 is 13.8. The van der Waals surface area contributed by atoms with Crippen LogP contribution in [0, 0.1) is 0 Å². The van der Waals surface area contributed by atoms with Gasteiger partial charge in [0, 0.05) is 30.2 Å². The Kier molecular flexibility index (Phi) is 9.85. The molecular formula is C22H26Cl2N2O2S. The lowest BCUT2D eigenvalue weighted by Crippen LogP contribution is -2.49. The highest BCUT2D eigenvalue weighted by Crippen LogP contribution is 2.25. The van der Waals surface area contributed by atoms with Crippen molar-refractivity contribution in [2.24, 2.45) is 0 Å². The van der Waals surface area contributed by atoms with E-state index < -0.39 is 6.04 Å². The number of carbonyl (C=O) groups is 2. The Hall–Kier alpha value is -1.69. The van der Waals surface area contributed by atoms with Crippen LogP contribution in [0.2, 0.25) is 10.0 Å². The molecule has 2 aromatic rings. The third kappa shape index (κ3) is 7.25. The number of hydrogen-bond donors (Lipinski definition) is 1. The van der Waals surface area contributed by atoms with Crippen LogP contribution in [0.3, 0.4) is 0 Å². The smallest absolute Gasteiger partial charge is 0.242 e. The summed E-state index contributed by atoms with van der Waals surface area (Å²) < 4.78 is 0. The van der Waals surface area contributed by atoms with Gasteiger partial charge in [-0.3, -0.25) is 9.59 Å². The van der Waals surface area contributed by atoms with E-state index in [4.69, 9.17) is 23.2 Å². The standard InChI is InChI=1S/C22H26Cl2N2O2S/c1-3-20(22(28)25-4-2)26(15-16-10-11-18(23)19(24)14-16)21(27)12-13-29-17-8-6-5-7-9-17/h5-11,14,20H,3-4,12-13,15H2,1-2H3,(H,25,28)/t20-/m0/s1. The molecule has 0 aliphatic rings. The number of rotatable bonds is 10. The minimum absolute atomic E-state index is 0.0578. The van der Waals surface area contributed by atoms with Crippen molar-refractivity contribution in [2.45, 2.75) is 44.2 Å². The first-order valence-electron chi connectivity index (χ1n) is 9.65. The van der Waals surface area contributed by atoms with Crippen molar-refractivity contribution in [3.8, 4) is 0 Å². The van der Waals surface area contributed by atoms with Crippen molar-refractivity contribution in [3.05, 3.63) is 64.1 Å². The van der Waals surface area contributed by atoms with E-state index in [2.05, 4.69) is 5.32 Å². The predicted molar refractivity (Wildman–Crippen MR) is 122 cm³/mol. The van der Waals surface area contributed by atoms with Crippen molar-refractivity contribution in [3.63, 3.8) is 0 Å². The number of amides is 2. The molecule has 0 aromatic heterocycles. The second-order valence-corrected chi connectivity index (χ2v) is 8.48. The fourth-order valence-electron chi connectivity index (χ4n) is 2.96. The van der Waals surface area contributed by atoms with Crippen molar-refractivity contribution in [1.82, 2.24) is 10.2 Å². The molecule has 2 rings (SSSR count). The number of thioether (sulfide) groups is 1. The molecule has 156 valence electrons. The molecule has 0 spiro atoms. The normalized spacial score (nSPS) is 11.7. The zero-order valence-corrected chi connectivity index (χ0v) is 19.0. The molecule has 0 heterocycles. The van der Waals surface area contributed by atoms with E-state index in [0.29, 0.717) is 41.7 Å². The van der Waals surface area contributed by atoms with Crippen LogP contribution in [0.15, 0.2) is 53.4 Å². The average molecular weight is 453 g/mol. The van der Waals surface area contributed by atoms with Gasteiger partial charge in [0.05, 0.1) is 10.0 Å². The van der Waals surface area contributed by atoms with Crippen LogP contribution < -0.4 is 5.32 Å². The fourth-order valence-corrected chi connectivity index (χ4v) is 4.15. The molecule has 0 bridgehead atoms. The molecule has 0 saturated heterocycles. The van der Waals surface area contributed by atoms with E-state index in [9.17, 15) is 9.59 Å². The quantitative estimate of drug-likeness (QED) is 0.489. The molecule has 1 N–H and O–H groups in total. The maximum atomic E-state index is 13.1. The molecule has 2 aromatic carbocycles. The van der Waals surface area contributed by atoms with Gasteiger partial charge in [0.2, 0.25) is 11.8 Å². The Morgan fingerprint density at radius 1 is 1.07 bits per heavy atom. The van der Waals surface area contributed by atoms with Gasteiger partial charge in [-0.15, -0.1) is 11.8 Å². The van der Waals surface area contributed by atoms with Crippen molar-refractivity contribution < 1.29 is 9.59 Å².